The van der Waals surface area contributed by atoms with E-state index in [-0.39, 0.29) is 5.92 Å². The summed E-state index contributed by atoms with van der Waals surface area (Å²) in [6.45, 7) is 3.41. The van der Waals surface area contributed by atoms with E-state index in [4.69, 9.17) is 22.4 Å². The van der Waals surface area contributed by atoms with Crippen LogP contribution in [-0.4, -0.2) is 16.6 Å². The van der Waals surface area contributed by atoms with Crippen LogP contribution in [0.5, 0.6) is 0 Å². The summed E-state index contributed by atoms with van der Waals surface area (Å²) in [6.07, 6.45) is 3.34. The molecule has 4 heteroatoms. The lowest BCUT2D eigenvalue weighted by atomic mass is 9.77. The van der Waals surface area contributed by atoms with Crippen molar-refractivity contribution in [2.45, 2.75) is 19.4 Å². The number of carboxylic acid groups (broad SMARTS) is 1. The lowest BCUT2D eigenvalue weighted by Gasteiger charge is -2.34. The molecule has 0 aromatic carbocycles. The van der Waals surface area contributed by atoms with Crippen LogP contribution in [0.4, 0.5) is 0 Å². The van der Waals surface area contributed by atoms with Crippen LogP contribution in [0.2, 0.25) is 0 Å². The maximum atomic E-state index is 11.0. The van der Waals surface area contributed by atoms with Gasteiger partial charge in [0.1, 0.15) is 5.54 Å². The Bertz CT molecular complexity index is 309. The van der Waals surface area contributed by atoms with Crippen molar-refractivity contribution in [1.29, 1.82) is 0 Å². The molecule has 1 rings (SSSR count). The molecule has 2 atom stereocenters. The molecule has 0 aromatic rings. The van der Waals surface area contributed by atoms with Gasteiger partial charge >= 0.3 is 5.97 Å². The van der Waals surface area contributed by atoms with E-state index >= 15 is 0 Å². The number of nitrogens with two attached hydrogens (primary N) is 1. The minimum atomic E-state index is -1.36. The van der Waals surface area contributed by atoms with Crippen LogP contribution < -0.4 is 5.73 Å². The molecule has 0 aromatic heterocycles. The Kier molecular flexibility index (Phi) is 2.50. The average molecular weight is 202 g/mol. The van der Waals surface area contributed by atoms with E-state index in [1.54, 1.807) is 26.0 Å². The molecule has 0 fully saturated rings. The summed E-state index contributed by atoms with van der Waals surface area (Å²) < 4.78 is 0. The molecule has 2 unspecified atom stereocenters. The van der Waals surface area contributed by atoms with Crippen LogP contribution >= 0.6 is 11.6 Å². The number of halogens is 1. The molecule has 1 aliphatic carbocycles. The predicted molar refractivity (Wildman–Crippen MR) is 51.4 cm³/mol. The highest BCUT2D eigenvalue weighted by Gasteiger charge is 2.44. The summed E-state index contributed by atoms with van der Waals surface area (Å²) in [5.74, 6) is -1.42. The second-order valence-corrected chi connectivity index (χ2v) is 3.73. The Morgan fingerprint density at radius 3 is 2.62 bits per heavy atom. The van der Waals surface area contributed by atoms with Crippen molar-refractivity contribution in [3.8, 4) is 0 Å². The fourth-order valence-corrected chi connectivity index (χ4v) is 1.63. The number of carbonyl (C=O) groups is 1. The van der Waals surface area contributed by atoms with Crippen molar-refractivity contribution in [3.05, 3.63) is 22.8 Å². The van der Waals surface area contributed by atoms with Crippen LogP contribution in [-0.2, 0) is 4.79 Å². The first kappa shape index (κ1) is 10.3. The highest BCUT2D eigenvalue weighted by molar-refractivity contribution is 6.30. The van der Waals surface area contributed by atoms with Gasteiger partial charge in [-0.2, -0.15) is 0 Å². The summed E-state index contributed by atoms with van der Waals surface area (Å²) in [5.41, 5.74) is 5.05. The molecule has 0 amide bonds. The number of aliphatic carboxylic acids is 1. The van der Waals surface area contributed by atoms with E-state index in [1.165, 1.54) is 0 Å². The third-order valence-corrected chi connectivity index (χ3v) is 3.05. The van der Waals surface area contributed by atoms with Gasteiger partial charge in [0.25, 0.3) is 0 Å². The molecule has 0 heterocycles. The number of carboxylic acids is 1. The molecule has 0 bridgehead atoms. The molecule has 0 saturated heterocycles. The van der Waals surface area contributed by atoms with Crippen molar-refractivity contribution in [1.82, 2.24) is 0 Å². The maximum Gasteiger partial charge on any atom is 0.328 e. The van der Waals surface area contributed by atoms with Crippen LogP contribution in [0.3, 0.4) is 0 Å². The Labute approximate surface area is 81.9 Å². The molecule has 72 valence electrons. The number of hydrogen-bond acceptors (Lipinski definition) is 2. The summed E-state index contributed by atoms with van der Waals surface area (Å²) in [4.78, 5) is 11.0. The molecular weight excluding hydrogens is 190 g/mol. The highest BCUT2D eigenvalue weighted by atomic mass is 35.5. The number of rotatable bonds is 1. The Hall–Kier alpha value is -0.800. The van der Waals surface area contributed by atoms with Crippen LogP contribution in [0.1, 0.15) is 13.8 Å². The van der Waals surface area contributed by atoms with Crippen LogP contribution in [0, 0.1) is 5.92 Å². The second-order valence-electron chi connectivity index (χ2n) is 3.30. The zero-order chi connectivity index (χ0) is 10.2. The van der Waals surface area contributed by atoms with E-state index in [0.29, 0.717) is 10.6 Å². The lowest BCUT2D eigenvalue weighted by Crippen LogP contribution is -2.55. The quantitative estimate of drug-likeness (QED) is 0.676. The fraction of sp³-hybridized carbons (Fsp3) is 0.444. The monoisotopic (exact) mass is 201 g/mol. The fourth-order valence-electron chi connectivity index (χ4n) is 1.40. The van der Waals surface area contributed by atoms with Gasteiger partial charge in [0.2, 0.25) is 0 Å². The van der Waals surface area contributed by atoms with Crippen molar-refractivity contribution < 1.29 is 9.90 Å². The first-order valence-electron chi connectivity index (χ1n) is 3.97. The van der Waals surface area contributed by atoms with E-state index in [0.717, 1.165) is 0 Å². The first-order chi connectivity index (χ1) is 5.90. The van der Waals surface area contributed by atoms with Crippen molar-refractivity contribution >= 4 is 17.6 Å². The highest BCUT2D eigenvalue weighted by Crippen LogP contribution is 2.34. The molecule has 3 N–H and O–H groups in total. The summed E-state index contributed by atoms with van der Waals surface area (Å²) in [7, 11) is 0. The standard InChI is InChI=1S/C9H12ClNO2/c1-5-3-4-7(10)6(2)9(5,11)8(12)13/h3-4,6H,11H2,1-2H3,(H,12,13). The zero-order valence-corrected chi connectivity index (χ0v) is 8.30. The Morgan fingerprint density at radius 1 is 1.69 bits per heavy atom. The van der Waals surface area contributed by atoms with Gasteiger partial charge in [0.05, 0.1) is 0 Å². The minimum absolute atomic E-state index is 0.378. The summed E-state index contributed by atoms with van der Waals surface area (Å²) >= 11 is 5.83. The van der Waals surface area contributed by atoms with Crippen molar-refractivity contribution in [2.75, 3.05) is 0 Å². The molecule has 0 saturated carbocycles. The maximum absolute atomic E-state index is 11.0. The molecular formula is C9H12ClNO2. The molecule has 0 radical (unpaired) electrons. The summed E-state index contributed by atoms with van der Waals surface area (Å²) in [6, 6.07) is 0. The molecule has 3 nitrogen and oxygen atoms in total. The number of hydrogen-bond donors (Lipinski definition) is 2. The predicted octanol–water partition coefficient (Wildman–Crippen LogP) is 1.49. The van der Waals surface area contributed by atoms with Gasteiger partial charge in [-0.15, -0.1) is 0 Å². The van der Waals surface area contributed by atoms with Crippen molar-refractivity contribution in [2.24, 2.45) is 11.7 Å². The minimum Gasteiger partial charge on any atom is -0.480 e. The zero-order valence-electron chi connectivity index (χ0n) is 7.54. The van der Waals surface area contributed by atoms with Gasteiger partial charge in [-0.1, -0.05) is 24.6 Å². The second kappa shape index (κ2) is 3.16. The lowest BCUT2D eigenvalue weighted by molar-refractivity contribution is -0.143. The molecule has 1 aliphatic rings. The van der Waals surface area contributed by atoms with Gasteiger partial charge in [0, 0.05) is 11.0 Å². The molecule has 13 heavy (non-hydrogen) atoms. The van der Waals surface area contributed by atoms with E-state index in [1.807, 2.05) is 0 Å². The van der Waals surface area contributed by atoms with Crippen LogP contribution in [0.25, 0.3) is 0 Å². The Morgan fingerprint density at radius 2 is 2.23 bits per heavy atom. The molecule has 0 spiro atoms. The Balaban J connectivity index is 3.19. The average Bonchev–Trinajstić information content (AvgIpc) is 2.08. The smallest absolute Gasteiger partial charge is 0.328 e. The van der Waals surface area contributed by atoms with E-state index < -0.39 is 11.5 Å². The van der Waals surface area contributed by atoms with Gasteiger partial charge in [-0.3, -0.25) is 0 Å². The van der Waals surface area contributed by atoms with Gasteiger partial charge < -0.3 is 10.8 Å². The third-order valence-electron chi connectivity index (χ3n) is 2.60. The topological polar surface area (TPSA) is 63.3 Å². The van der Waals surface area contributed by atoms with E-state index in [9.17, 15) is 4.79 Å². The van der Waals surface area contributed by atoms with Gasteiger partial charge in [-0.25, -0.2) is 4.79 Å². The third kappa shape index (κ3) is 1.38. The van der Waals surface area contributed by atoms with Crippen molar-refractivity contribution in [3.63, 3.8) is 0 Å². The molecule has 0 aliphatic heterocycles. The largest absolute Gasteiger partial charge is 0.480 e. The van der Waals surface area contributed by atoms with E-state index in [2.05, 4.69) is 0 Å². The summed E-state index contributed by atoms with van der Waals surface area (Å²) in [5, 5.41) is 9.49. The first-order valence-corrected chi connectivity index (χ1v) is 4.35. The van der Waals surface area contributed by atoms with Crippen LogP contribution in [0.15, 0.2) is 22.8 Å². The normalized spacial score (nSPS) is 33.7. The number of allylic oxidation sites excluding steroid dienone is 2. The SMILES string of the molecule is CC1=CC=C(Cl)C(C)C1(N)C(=O)O. The van der Waals surface area contributed by atoms with Gasteiger partial charge in [-0.05, 0) is 18.6 Å². The van der Waals surface area contributed by atoms with Gasteiger partial charge in [0.15, 0.2) is 0 Å².